The lowest BCUT2D eigenvalue weighted by molar-refractivity contribution is -0.114. The number of carbonyl (C=O) groups excluding carboxylic acids is 1. The highest BCUT2D eigenvalue weighted by atomic mass is 35.5. The van der Waals surface area contributed by atoms with Crippen molar-refractivity contribution in [2.45, 2.75) is 20.4 Å². The molecule has 0 radical (unpaired) electrons. The van der Waals surface area contributed by atoms with Gasteiger partial charge in [-0.2, -0.15) is 10.1 Å². The zero-order chi connectivity index (χ0) is 21.8. The molecule has 1 aliphatic heterocycles. The zero-order valence-electron chi connectivity index (χ0n) is 17.6. The lowest BCUT2D eigenvalue weighted by Gasteiger charge is -2.23. The number of hydrogen-bond acceptors (Lipinski definition) is 3. The second-order valence-electron chi connectivity index (χ2n) is 7.43. The van der Waals surface area contributed by atoms with Gasteiger partial charge in [0.25, 0.3) is 5.91 Å². The first-order chi connectivity index (χ1) is 15.0. The van der Waals surface area contributed by atoms with Crippen LogP contribution in [0.5, 0.6) is 0 Å². The summed E-state index contributed by atoms with van der Waals surface area (Å²) >= 11 is 5.96. The van der Waals surface area contributed by atoms with Gasteiger partial charge in [0, 0.05) is 23.8 Å². The van der Waals surface area contributed by atoms with Gasteiger partial charge in [0.2, 0.25) is 0 Å². The Morgan fingerprint density at radius 1 is 0.968 bits per heavy atom. The lowest BCUT2D eigenvalue weighted by Crippen LogP contribution is -2.22. The molecule has 0 fully saturated rings. The van der Waals surface area contributed by atoms with Gasteiger partial charge in [-0.05, 0) is 67.4 Å². The van der Waals surface area contributed by atoms with Gasteiger partial charge in [-0.1, -0.05) is 54.1 Å². The molecule has 0 bridgehead atoms. The fraction of sp³-hybridized carbons (Fsp3) is 0.154. The number of amides is 1. The Morgan fingerprint density at radius 2 is 1.65 bits per heavy atom. The minimum Gasteiger partial charge on any atom is -0.367 e. The zero-order valence-corrected chi connectivity index (χ0v) is 18.4. The summed E-state index contributed by atoms with van der Waals surface area (Å²) in [6.07, 6.45) is 1.90. The van der Waals surface area contributed by atoms with Gasteiger partial charge in [-0.3, -0.25) is 4.79 Å². The van der Waals surface area contributed by atoms with E-state index in [9.17, 15) is 4.79 Å². The molecule has 0 aliphatic carbocycles. The first kappa shape index (κ1) is 20.9. The summed E-state index contributed by atoms with van der Waals surface area (Å²) in [4.78, 5) is 15.3. The molecule has 1 heterocycles. The molecule has 3 aromatic rings. The van der Waals surface area contributed by atoms with Crippen molar-refractivity contribution in [3.8, 4) is 0 Å². The molecule has 156 valence electrons. The normalized spacial score (nSPS) is 14.8. The molecular weight excluding hydrogens is 406 g/mol. The summed E-state index contributed by atoms with van der Waals surface area (Å²) in [5, 5.41) is 6.48. The summed E-state index contributed by atoms with van der Waals surface area (Å²) < 4.78 is 0. The number of nitrogens with zero attached hydrogens (tertiary/aromatic N) is 3. The minimum absolute atomic E-state index is 0.136. The predicted molar refractivity (Wildman–Crippen MR) is 130 cm³/mol. The number of hydrazone groups is 1. The van der Waals surface area contributed by atoms with E-state index >= 15 is 0 Å². The fourth-order valence-electron chi connectivity index (χ4n) is 3.58. The van der Waals surface area contributed by atoms with E-state index in [4.69, 9.17) is 11.6 Å². The topological polar surface area (TPSA) is 35.9 Å². The van der Waals surface area contributed by atoms with Crippen LogP contribution in [0.1, 0.15) is 25.0 Å². The average molecular weight is 430 g/mol. The average Bonchev–Trinajstić information content (AvgIpc) is 3.07. The molecule has 1 amide bonds. The number of halogens is 1. The maximum Gasteiger partial charge on any atom is 0.280 e. The van der Waals surface area contributed by atoms with E-state index < -0.39 is 0 Å². The number of benzene rings is 3. The molecule has 0 saturated heterocycles. The Labute approximate surface area is 188 Å². The van der Waals surface area contributed by atoms with Gasteiger partial charge < -0.3 is 4.90 Å². The molecule has 0 N–H and O–H groups in total. The lowest BCUT2D eigenvalue weighted by atomic mass is 10.1. The van der Waals surface area contributed by atoms with E-state index in [0.29, 0.717) is 22.0 Å². The SMILES string of the molecule is CCN(Cc1ccccc1)c1ccc(/C=C2/C(=O)N(c3ccc(Cl)cc3)N=C2C)cc1. The standard InChI is InChI=1S/C26H24ClN3O/c1-3-29(18-21-7-5-4-6-8-21)23-13-9-20(10-14-23)17-25-19(2)28-30(26(25)31)24-15-11-22(27)12-16-24/h4-17H,3,18H2,1-2H3/b25-17+. The third-order valence-corrected chi connectivity index (χ3v) is 5.55. The molecule has 0 aromatic heterocycles. The molecule has 1 aliphatic rings. The van der Waals surface area contributed by atoms with E-state index in [1.807, 2.05) is 31.2 Å². The Bertz CT molecular complexity index is 1120. The maximum absolute atomic E-state index is 12.9. The number of carbonyl (C=O) groups is 1. The third-order valence-electron chi connectivity index (χ3n) is 5.30. The largest absolute Gasteiger partial charge is 0.367 e. The quantitative estimate of drug-likeness (QED) is 0.439. The van der Waals surface area contributed by atoms with Gasteiger partial charge >= 0.3 is 0 Å². The second kappa shape index (κ2) is 9.19. The van der Waals surface area contributed by atoms with Crippen molar-refractivity contribution in [1.82, 2.24) is 0 Å². The Balaban J connectivity index is 1.52. The predicted octanol–water partition coefficient (Wildman–Crippen LogP) is 6.17. The van der Waals surface area contributed by atoms with Crippen LogP contribution in [0.15, 0.2) is 89.5 Å². The summed E-state index contributed by atoms with van der Waals surface area (Å²) in [6.45, 7) is 5.78. The maximum atomic E-state index is 12.9. The summed E-state index contributed by atoms with van der Waals surface area (Å²) in [6, 6.07) is 25.8. The van der Waals surface area contributed by atoms with Crippen molar-refractivity contribution in [3.63, 3.8) is 0 Å². The molecule has 0 unspecified atom stereocenters. The molecule has 5 heteroatoms. The Hall–Kier alpha value is -3.37. The molecule has 0 spiro atoms. The van der Waals surface area contributed by atoms with Crippen molar-refractivity contribution in [2.75, 3.05) is 16.5 Å². The van der Waals surface area contributed by atoms with Gasteiger partial charge in [0.1, 0.15) is 0 Å². The fourth-order valence-corrected chi connectivity index (χ4v) is 3.71. The molecule has 4 nitrogen and oxygen atoms in total. The summed E-state index contributed by atoms with van der Waals surface area (Å²) in [5.41, 5.74) is 5.39. The van der Waals surface area contributed by atoms with Crippen LogP contribution in [-0.2, 0) is 11.3 Å². The highest BCUT2D eigenvalue weighted by Crippen LogP contribution is 2.27. The summed E-state index contributed by atoms with van der Waals surface area (Å²) in [5.74, 6) is -0.136. The minimum atomic E-state index is -0.136. The molecule has 4 rings (SSSR count). The molecular formula is C26H24ClN3O. The van der Waals surface area contributed by atoms with Gasteiger partial charge in [0.05, 0.1) is 17.0 Å². The van der Waals surface area contributed by atoms with Crippen LogP contribution >= 0.6 is 11.6 Å². The van der Waals surface area contributed by atoms with E-state index in [2.05, 4.69) is 53.3 Å². The van der Waals surface area contributed by atoms with Gasteiger partial charge in [-0.15, -0.1) is 0 Å². The highest BCUT2D eigenvalue weighted by Gasteiger charge is 2.28. The van der Waals surface area contributed by atoms with E-state index in [1.54, 1.807) is 24.3 Å². The number of hydrogen-bond donors (Lipinski definition) is 0. The van der Waals surface area contributed by atoms with Crippen molar-refractivity contribution >= 4 is 40.7 Å². The second-order valence-corrected chi connectivity index (χ2v) is 7.86. The van der Waals surface area contributed by atoms with Crippen LogP contribution in [0, 0.1) is 0 Å². The highest BCUT2D eigenvalue weighted by molar-refractivity contribution is 6.32. The molecule has 0 saturated carbocycles. The van der Waals surface area contributed by atoms with Crippen LogP contribution in [-0.4, -0.2) is 18.2 Å². The molecule has 3 aromatic carbocycles. The third kappa shape index (κ3) is 4.70. The van der Waals surface area contributed by atoms with Crippen molar-refractivity contribution in [3.05, 3.63) is 101 Å². The van der Waals surface area contributed by atoms with E-state index in [-0.39, 0.29) is 5.91 Å². The van der Waals surface area contributed by atoms with Crippen LogP contribution in [0.4, 0.5) is 11.4 Å². The van der Waals surface area contributed by atoms with Crippen molar-refractivity contribution < 1.29 is 4.79 Å². The smallest absolute Gasteiger partial charge is 0.280 e. The van der Waals surface area contributed by atoms with Crippen molar-refractivity contribution in [1.29, 1.82) is 0 Å². The van der Waals surface area contributed by atoms with E-state index in [1.165, 1.54) is 10.6 Å². The first-order valence-corrected chi connectivity index (χ1v) is 10.7. The first-order valence-electron chi connectivity index (χ1n) is 10.3. The summed E-state index contributed by atoms with van der Waals surface area (Å²) in [7, 11) is 0. The van der Waals surface area contributed by atoms with Crippen molar-refractivity contribution in [2.24, 2.45) is 5.10 Å². The van der Waals surface area contributed by atoms with Gasteiger partial charge in [0.15, 0.2) is 0 Å². The Morgan fingerprint density at radius 3 is 2.29 bits per heavy atom. The van der Waals surface area contributed by atoms with Crippen LogP contribution in [0.25, 0.3) is 6.08 Å². The number of rotatable bonds is 6. The van der Waals surface area contributed by atoms with Gasteiger partial charge in [-0.25, -0.2) is 0 Å². The van der Waals surface area contributed by atoms with E-state index in [0.717, 1.165) is 24.3 Å². The van der Waals surface area contributed by atoms with Crippen LogP contribution in [0.3, 0.4) is 0 Å². The molecule has 0 atom stereocenters. The van der Waals surface area contributed by atoms with Crippen LogP contribution < -0.4 is 9.91 Å². The monoisotopic (exact) mass is 429 g/mol. The Kier molecular flexibility index (Phi) is 6.19. The molecule has 31 heavy (non-hydrogen) atoms. The number of anilines is 2. The van der Waals surface area contributed by atoms with Crippen LogP contribution in [0.2, 0.25) is 5.02 Å².